The van der Waals surface area contributed by atoms with Crippen molar-refractivity contribution in [3.05, 3.63) is 76.1 Å². The van der Waals surface area contributed by atoms with E-state index >= 15 is 0 Å². The summed E-state index contributed by atoms with van der Waals surface area (Å²) in [5.74, 6) is 0.152. The van der Waals surface area contributed by atoms with Gasteiger partial charge in [-0.15, -0.1) is 0 Å². The molecule has 0 radical (unpaired) electrons. The number of rotatable bonds is 4. The van der Waals surface area contributed by atoms with Crippen LogP contribution in [0.3, 0.4) is 0 Å². The number of carbonyl (C=O) groups is 1. The van der Waals surface area contributed by atoms with Crippen LogP contribution >= 0.6 is 0 Å². The fraction of sp³-hybridized carbons (Fsp3) is 0.227. The van der Waals surface area contributed by atoms with Crippen LogP contribution in [0.5, 0.6) is 0 Å². The minimum absolute atomic E-state index is 0.254. The molecule has 2 N–H and O–H groups in total. The Morgan fingerprint density at radius 2 is 1.59 bits per heavy atom. The average molecular weight is 360 g/mol. The van der Waals surface area contributed by atoms with Crippen molar-refractivity contribution >= 4 is 23.2 Å². The van der Waals surface area contributed by atoms with Gasteiger partial charge in [0, 0.05) is 17.1 Å². The van der Waals surface area contributed by atoms with Crippen LogP contribution in [0.4, 0.5) is 17.3 Å². The number of nitrogens with zero attached hydrogens (tertiary/aromatic N) is 2. The fourth-order valence-electron chi connectivity index (χ4n) is 2.83. The molecule has 0 aliphatic carbocycles. The summed E-state index contributed by atoms with van der Waals surface area (Å²) in [5, 5.41) is 6.12. The Bertz CT molecular complexity index is 1010. The highest BCUT2D eigenvalue weighted by Gasteiger charge is 2.12. The highest BCUT2D eigenvalue weighted by molar-refractivity contribution is 6.03. The molecule has 1 heterocycles. The smallest absolute Gasteiger partial charge is 0.274 e. The molecule has 5 heteroatoms. The van der Waals surface area contributed by atoms with Crippen molar-refractivity contribution in [1.29, 1.82) is 0 Å². The van der Waals surface area contributed by atoms with E-state index in [9.17, 15) is 4.79 Å². The zero-order valence-electron chi connectivity index (χ0n) is 16.3. The molecule has 0 saturated carbocycles. The molecule has 0 atom stereocenters. The van der Waals surface area contributed by atoms with E-state index < -0.39 is 0 Å². The van der Waals surface area contributed by atoms with E-state index in [1.807, 2.05) is 57.2 Å². The number of benzene rings is 2. The van der Waals surface area contributed by atoms with Crippen LogP contribution in [0.25, 0.3) is 0 Å². The van der Waals surface area contributed by atoms with Gasteiger partial charge >= 0.3 is 0 Å². The van der Waals surface area contributed by atoms with Crippen molar-refractivity contribution in [2.75, 3.05) is 10.6 Å². The van der Waals surface area contributed by atoms with Crippen LogP contribution in [0.1, 0.15) is 38.4 Å². The maximum Gasteiger partial charge on any atom is 0.274 e. The summed E-state index contributed by atoms with van der Waals surface area (Å²) in [4.78, 5) is 21.5. The summed E-state index contributed by atoms with van der Waals surface area (Å²) in [6.45, 7) is 9.97. The maximum absolute atomic E-state index is 12.7. The van der Waals surface area contributed by atoms with Gasteiger partial charge in [-0.2, -0.15) is 0 Å². The Labute approximate surface area is 159 Å². The normalized spacial score (nSPS) is 10.6. The molecule has 138 valence electrons. The van der Waals surface area contributed by atoms with E-state index in [0.29, 0.717) is 11.6 Å². The average Bonchev–Trinajstić information content (AvgIpc) is 2.60. The van der Waals surface area contributed by atoms with Gasteiger partial charge in [-0.1, -0.05) is 23.8 Å². The summed E-state index contributed by atoms with van der Waals surface area (Å²) in [6, 6.07) is 13.7. The van der Waals surface area contributed by atoms with Crippen molar-refractivity contribution in [3.63, 3.8) is 0 Å². The van der Waals surface area contributed by atoms with Crippen molar-refractivity contribution in [2.24, 2.45) is 0 Å². The topological polar surface area (TPSA) is 66.9 Å². The van der Waals surface area contributed by atoms with Crippen LogP contribution in [0, 0.1) is 34.6 Å². The van der Waals surface area contributed by atoms with Crippen LogP contribution in [-0.4, -0.2) is 15.9 Å². The van der Waals surface area contributed by atoms with Gasteiger partial charge in [-0.25, -0.2) is 9.97 Å². The number of anilines is 3. The first-order valence-electron chi connectivity index (χ1n) is 8.90. The van der Waals surface area contributed by atoms with E-state index in [0.717, 1.165) is 28.2 Å². The summed E-state index contributed by atoms with van der Waals surface area (Å²) in [5.41, 5.74) is 7.30. The Morgan fingerprint density at radius 3 is 2.30 bits per heavy atom. The molecule has 1 aromatic heterocycles. The van der Waals surface area contributed by atoms with E-state index in [1.165, 1.54) is 11.1 Å². The van der Waals surface area contributed by atoms with Crippen LogP contribution in [-0.2, 0) is 0 Å². The molecular weight excluding hydrogens is 336 g/mol. The Morgan fingerprint density at radius 1 is 0.815 bits per heavy atom. The fourth-order valence-corrected chi connectivity index (χ4v) is 2.83. The molecule has 0 spiro atoms. The lowest BCUT2D eigenvalue weighted by molar-refractivity contribution is 0.102. The first-order chi connectivity index (χ1) is 12.8. The summed E-state index contributed by atoms with van der Waals surface area (Å²) < 4.78 is 0. The van der Waals surface area contributed by atoms with E-state index in [1.54, 1.807) is 6.07 Å². The third kappa shape index (κ3) is 4.50. The predicted octanol–water partition coefficient (Wildman–Crippen LogP) is 5.01. The second kappa shape index (κ2) is 7.58. The largest absolute Gasteiger partial charge is 0.324 e. The first kappa shape index (κ1) is 18.6. The van der Waals surface area contributed by atoms with Gasteiger partial charge in [0.2, 0.25) is 5.95 Å². The molecule has 0 unspecified atom stereocenters. The molecule has 0 aliphatic rings. The second-order valence-corrected chi connectivity index (χ2v) is 6.91. The molecule has 3 rings (SSSR count). The lowest BCUT2D eigenvalue weighted by Crippen LogP contribution is -2.16. The SMILES string of the molecule is Cc1ccc(NC(=O)c2cc(C)nc(Nc3ccc(C)c(C)c3)n2)c(C)c1. The molecule has 1 amide bonds. The predicted molar refractivity (Wildman–Crippen MR) is 110 cm³/mol. The molecule has 27 heavy (non-hydrogen) atoms. The summed E-state index contributed by atoms with van der Waals surface area (Å²) in [7, 11) is 0. The van der Waals surface area contributed by atoms with Gasteiger partial charge in [0.15, 0.2) is 0 Å². The molecule has 5 nitrogen and oxygen atoms in total. The number of carbonyl (C=O) groups excluding carboxylic acids is 1. The van der Waals surface area contributed by atoms with Gasteiger partial charge in [0.25, 0.3) is 5.91 Å². The van der Waals surface area contributed by atoms with Gasteiger partial charge in [0.1, 0.15) is 5.69 Å². The van der Waals surface area contributed by atoms with Crippen molar-refractivity contribution in [3.8, 4) is 0 Å². The molecule has 0 fully saturated rings. The highest BCUT2D eigenvalue weighted by atomic mass is 16.1. The summed E-state index contributed by atoms with van der Waals surface area (Å²) >= 11 is 0. The van der Waals surface area contributed by atoms with Crippen molar-refractivity contribution in [2.45, 2.75) is 34.6 Å². The van der Waals surface area contributed by atoms with Crippen LogP contribution in [0.15, 0.2) is 42.5 Å². The second-order valence-electron chi connectivity index (χ2n) is 6.91. The van der Waals surface area contributed by atoms with Gasteiger partial charge in [-0.05, 0) is 75.6 Å². The monoisotopic (exact) mass is 360 g/mol. The van der Waals surface area contributed by atoms with Crippen LogP contribution < -0.4 is 10.6 Å². The first-order valence-corrected chi connectivity index (χ1v) is 8.90. The van der Waals surface area contributed by atoms with Crippen molar-refractivity contribution < 1.29 is 4.79 Å². The number of aryl methyl sites for hydroxylation is 5. The van der Waals surface area contributed by atoms with Crippen molar-refractivity contribution in [1.82, 2.24) is 9.97 Å². The Balaban J connectivity index is 1.83. The molecular formula is C22H24N4O. The lowest BCUT2D eigenvalue weighted by Gasteiger charge is -2.11. The Hall–Kier alpha value is -3.21. The standard InChI is InChI=1S/C22H24N4O/c1-13-6-9-19(16(4)10-13)25-21(27)20-12-17(5)23-22(26-20)24-18-8-7-14(2)15(3)11-18/h6-12H,1-5H3,(H,25,27)(H,23,24,26). The third-order valence-electron chi connectivity index (χ3n) is 4.48. The minimum atomic E-state index is -0.254. The van der Waals surface area contributed by atoms with Crippen LogP contribution in [0.2, 0.25) is 0 Å². The highest BCUT2D eigenvalue weighted by Crippen LogP contribution is 2.19. The molecule has 0 saturated heterocycles. The maximum atomic E-state index is 12.7. The molecule has 0 bridgehead atoms. The number of hydrogen-bond acceptors (Lipinski definition) is 4. The zero-order valence-corrected chi connectivity index (χ0v) is 16.3. The zero-order chi connectivity index (χ0) is 19.6. The van der Waals surface area contributed by atoms with E-state index in [2.05, 4.69) is 34.4 Å². The number of nitrogens with one attached hydrogen (secondary N) is 2. The van der Waals surface area contributed by atoms with Gasteiger partial charge in [-0.3, -0.25) is 4.79 Å². The minimum Gasteiger partial charge on any atom is -0.324 e. The number of aromatic nitrogens is 2. The molecule has 2 aromatic carbocycles. The third-order valence-corrected chi connectivity index (χ3v) is 4.48. The molecule has 0 aliphatic heterocycles. The lowest BCUT2D eigenvalue weighted by atomic mass is 10.1. The quantitative estimate of drug-likeness (QED) is 0.686. The number of amides is 1. The number of hydrogen-bond donors (Lipinski definition) is 2. The van der Waals surface area contributed by atoms with E-state index in [4.69, 9.17) is 0 Å². The van der Waals surface area contributed by atoms with Gasteiger partial charge < -0.3 is 10.6 Å². The Kier molecular flexibility index (Phi) is 5.21. The summed E-state index contributed by atoms with van der Waals surface area (Å²) in [6.07, 6.45) is 0. The van der Waals surface area contributed by atoms with E-state index in [-0.39, 0.29) is 5.91 Å². The molecule has 3 aromatic rings. The van der Waals surface area contributed by atoms with Gasteiger partial charge in [0.05, 0.1) is 0 Å².